The number of benzene rings is 1. The minimum atomic E-state index is 0.728. The summed E-state index contributed by atoms with van der Waals surface area (Å²) >= 11 is 0. The van der Waals surface area contributed by atoms with Crippen molar-refractivity contribution in [2.24, 2.45) is 0 Å². The van der Waals surface area contributed by atoms with E-state index in [0.717, 1.165) is 36.8 Å². The van der Waals surface area contributed by atoms with Gasteiger partial charge in [-0.3, -0.25) is 0 Å². The van der Waals surface area contributed by atoms with Crippen LogP contribution in [-0.2, 0) is 0 Å². The third-order valence-corrected chi connectivity index (χ3v) is 2.04. The second-order valence-electron chi connectivity index (χ2n) is 2.93. The van der Waals surface area contributed by atoms with E-state index >= 15 is 0 Å². The van der Waals surface area contributed by atoms with E-state index in [-0.39, 0.29) is 0 Å². The molecule has 3 heteroatoms. The predicted octanol–water partition coefficient (Wildman–Crippen LogP) is 1.89. The van der Waals surface area contributed by atoms with Crippen LogP contribution in [0.4, 0.5) is 5.69 Å². The third kappa shape index (κ3) is 1.54. The second kappa shape index (κ2) is 3.56. The summed E-state index contributed by atoms with van der Waals surface area (Å²) in [5.41, 5.74) is 0.986. The summed E-state index contributed by atoms with van der Waals surface area (Å²) in [5, 5.41) is 3.08. The summed E-state index contributed by atoms with van der Waals surface area (Å²) in [6.45, 7) is 1.46. The quantitative estimate of drug-likeness (QED) is 0.714. The lowest BCUT2D eigenvalue weighted by Gasteiger charge is -2.11. The van der Waals surface area contributed by atoms with E-state index in [9.17, 15) is 0 Å². The van der Waals surface area contributed by atoms with Gasteiger partial charge in [-0.15, -0.1) is 0 Å². The summed E-state index contributed by atoms with van der Waals surface area (Å²) in [5.74, 6) is 1.67. The van der Waals surface area contributed by atoms with Crippen molar-refractivity contribution in [1.82, 2.24) is 0 Å². The van der Waals surface area contributed by atoms with E-state index in [2.05, 4.69) is 5.32 Å². The zero-order valence-corrected chi connectivity index (χ0v) is 7.67. The van der Waals surface area contributed by atoms with Crippen LogP contribution in [-0.4, -0.2) is 20.3 Å². The molecule has 1 N–H and O–H groups in total. The fourth-order valence-corrected chi connectivity index (χ4v) is 1.39. The Hall–Kier alpha value is -1.38. The zero-order chi connectivity index (χ0) is 9.10. The number of nitrogens with one attached hydrogen (secondary N) is 1. The first kappa shape index (κ1) is 8.23. The Labute approximate surface area is 77.7 Å². The van der Waals surface area contributed by atoms with Gasteiger partial charge in [0.2, 0.25) is 0 Å². The molecule has 0 amide bonds. The first-order chi connectivity index (χ1) is 6.42. The Morgan fingerprint density at radius 3 is 2.92 bits per heavy atom. The summed E-state index contributed by atoms with van der Waals surface area (Å²) in [4.78, 5) is 0. The van der Waals surface area contributed by atoms with Crippen LogP contribution in [0.1, 0.15) is 6.42 Å². The summed E-state index contributed by atoms with van der Waals surface area (Å²) in [6.07, 6.45) is 0.942. The molecular formula is C10H13NO2. The van der Waals surface area contributed by atoms with Crippen LogP contribution in [0.3, 0.4) is 0 Å². The van der Waals surface area contributed by atoms with Crippen molar-refractivity contribution in [2.75, 3.05) is 25.6 Å². The van der Waals surface area contributed by atoms with Crippen LogP contribution in [0.2, 0.25) is 0 Å². The van der Waals surface area contributed by atoms with Gasteiger partial charge in [-0.1, -0.05) is 6.07 Å². The number of ether oxygens (including phenoxy) is 2. The average molecular weight is 179 g/mol. The molecule has 13 heavy (non-hydrogen) atoms. The largest absolute Gasteiger partial charge is 0.489 e. The molecule has 70 valence electrons. The van der Waals surface area contributed by atoms with Crippen molar-refractivity contribution >= 4 is 5.69 Å². The highest BCUT2D eigenvalue weighted by atomic mass is 16.5. The number of anilines is 1. The third-order valence-electron chi connectivity index (χ3n) is 2.04. The fourth-order valence-electron chi connectivity index (χ4n) is 1.39. The Morgan fingerprint density at radius 2 is 2.08 bits per heavy atom. The highest BCUT2D eigenvalue weighted by Crippen LogP contribution is 2.36. The molecule has 0 aliphatic carbocycles. The van der Waals surface area contributed by atoms with E-state index < -0.39 is 0 Å². The van der Waals surface area contributed by atoms with Gasteiger partial charge in [0.1, 0.15) is 0 Å². The van der Waals surface area contributed by atoms with Gasteiger partial charge in [-0.25, -0.2) is 0 Å². The van der Waals surface area contributed by atoms with Crippen molar-refractivity contribution in [3.63, 3.8) is 0 Å². The molecular weight excluding hydrogens is 166 g/mol. The SMILES string of the molecule is CNc1cccc2c1OCCCO2. The molecule has 0 fully saturated rings. The minimum absolute atomic E-state index is 0.728. The molecule has 1 aromatic carbocycles. The van der Waals surface area contributed by atoms with Crippen LogP contribution in [0.15, 0.2) is 18.2 Å². The average Bonchev–Trinajstić information content (AvgIpc) is 2.41. The normalized spacial score (nSPS) is 14.8. The highest BCUT2D eigenvalue weighted by Gasteiger charge is 2.12. The Balaban J connectivity index is 2.40. The van der Waals surface area contributed by atoms with Gasteiger partial charge in [0.05, 0.1) is 18.9 Å². The Kier molecular flexibility index (Phi) is 2.25. The lowest BCUT2D eigenvalue weighted by atomic mass is 10.2. The molecule has 0 atom stereocenters. The van der Waals surface area contributed by atoms with Crippen molar-refractivity contribution in [3.05, 3.63) is 18.2 Å². The van der Waals surface area contributed by atoms with Gasteiger partial charge < -0.3 is 14.8 Å². The lowest BCUT2D eigenvalue weighted by Crippen LogP contribution is -1.98. The van der Waals surface area contributed by atoms with Gasteiger partial charge in [0.25, 0.3) is 0 Å². The molecule has 0 bridgehead atoms. The molecule has 0 radical (unpaired) electrons. The van der Waals surface area contributed by atoms with Crippen LogP contribution >= 0.6 is 0 Å². The van der Waals surface area contributed by atoms with Crippen LogP contribution in [0.25, 0.3) is 0 Å². The van der Waals surface area contributed by atoms with Gasteiger partial charge in [-0.2, -0.15) is 0 Å². The van der Waals surface area contributed by atoms with Crippen LogP contribution in [0.5, 0.6) is 11.5 Å². The molecule has 0 saturated carbocycles. The van der Waals surface area contributed by atoms with Crippen molar-refractivity contribution in [1.29, 1.82) is 0 Å². The maximum atomic E-state index is 5.58. The topological polar surface area (TPSA) is 30.5 Å². The smallest absolute Gasteiger partial charge is 0.184 e. The Morgan fingerprint density at radius 1 is 1.23 bits per heavy atom. The zero-order valence-electron chi connectivity index (χ0n) is 7.67. The molecule has 1 aliphatic heterocycles. The standard InChI is InChI=1S/C10H13NO2/c1-11-8-4-2-5-9-10(8)13-7-3-6-12-9/h2,4-5,11H,3,6-7H2,1H3. The molecule has 0 unspecified atom stereocenters. The molecule has 3 nitrogen and oxygen atoms in total. The number of fused-ring (bicyclic) bond motifs is 1. The predicted molar refractivity (Wildman–Crippen MR) is 51.6 cm³/mol. The molecule has 1 aliphatic rings. The monoisotopic (exact) mass is 179 g/mol. The fraction of sp³-hybridized carbons (Fsp3) is 0.400. The van der Waals surface area contributed by atoms with Gasteiger partial charge in [0, 0.05) is 13.5 Å². The maximum absolute atomic E-state index is 5.58. The Bertz CT molecular complexity index is 299. The van der Waals surface area contributed by atoms with Crippen LogP contribution in [0, 0.1) is 0 Å². The van der Waals surface area contributed by atoms with E-state index in [1.54, 1.807) is 0 Å². The minimum Gasteiger partial charge on any atom is -0.489 e. The number of hydrogen-bond acceptors (Lipinski definition) is 3. The van der Waals surface area contributed by atoms with Crippen LogP contribution < -0.4 is 14.8 Å². The lowest BCUT2D eigenvalue weighted by molar-refractivity contribution is 0.297. The first-order valence-corrected chi connectivity index (χ1v) is 4.48. The van der Waals surface area contributed by atoms with E-state index in [1.165, 1.54) is 0 Å². The summed E-state index contributed by atoms with van der Waals surface area (Å²) in [6, 6.07) is 5.87. The molecule has 1 aromatic rings. The van der Waals surface area contributed by atoms with Crippen molar-refractivity contribution in [2.45, 2.75) is 6.42 Å². The van der Waals surface area contributed by atoms with Gasteiger partial charge in [0.15, 0.2) is 11.5 Å². The van der Waals surface area contributed by atoms with Gasteiger partial charge >= 0.3 is 0 Å². The number of rotatable bonds is 1. The molecule has 0 saturated heterocycles. The molecule has 0 spiro atoms. The number of para-hydroxylation sites is 1. The van der Waals surface area contributed by atoms with Crippen molar-refractivity contribution < 1.29 is 9.47 Å². The van der Waals surface area contributed by atoms with E-state index in [4.69, 9.17) is 9.47 Å². The molecule has 0 aromatic heterocycles. The van der Waals surface area contributed by atoms with E-state index in [0.29, 0.717) is 0 Å². The summed E-state index contributed by atoms with van der Waals surface area (Å²) in [7, 11) is 1.88. The molecule has 1 heterocycles. The molecule has 2 rings (SSSR count). The second-order valence-corrected chi connectivity index (χ2v) is 2.93. The van der Waals surface area contributed by atoms with Gasteiger partial charge in [-0.05, 0) is 12.1 Å². The van der Waals surface area contributed by atoms with Crippen molar-refractivity contribution in [3.8, 4) is 11.5 Å². The van der Waals surface area contributed by atoms with E-state index in [1.807, 2.05) is 25.2 Å². The first-order valence-electron chi connectivity index (χ1n) is 4.48. The maximum Gasteiger partial charge on any atom is 0.184 e. The highest BCUT2D eigenvalue weighted by molar-refractivity contribution is 5.63. The number of hydrogen-bond donors (Lipinski definition) is 1. The summed E-state index contributed by atoms with van der Waals surface area (Å²) < 4.78 is 11.1.